The Morgan fingerprint density at radius 3 is 2.52 bits per heavy atom. The number of hydrogen-bond donors (Lipinski definition) is 4. The Balaban J connectivity index is 2.06. The zero-order valence-electron chi connectivity index (χ0n) is 14.9. The number of hydrogen-bond acceptors (Lipinski definition) is 9. The summed E-state index contributed by atoms with van der Waals surface area (Å²) >= 11 is 0. The van der Waals surface area contributed by atoms with Crippen LogP contribution in [0.4, 0.5) is 0 Å². The van der Waals surface area contributed by atoms with Crippen LogP contribution in [0.1, 0.15) is 18.4 Å². The smallest absolute Gasteiger partial charge is 0.338 e. The van der Waals surface area contributed by atoms with Crippen molar-refractivity contribution >= 4 is 18.0 Å². The van der Waals surface area contributed by atoms with Gasteiger partial charge < -0.3 is 34.6 Å². The molecular weight excluding hydrogens is 360 g/mol. The zero-order valence-corrected chi connectivity index (χ0v) is 14.9. The Kier molecular flexibility index (Phi) is 6.42. The zero-order chi connectivity index (χ0) is 20.2. The molecule has 1 aliphatic carbocycles. The average Bonchev–Trinajstić information content (AvgIpc) is 2.63. The summed E-state index contributed by atoms with van der Waals surface area (Å²) in [6.07, 6.45) is -2.68. The van der Waals surface area contributed by atoms with Crippen molar-refractivity contribution in [3.05, 3.63) is 29.8 Å². The van der Waals surface area contributed by atoms with Crippen molar-refractivity contribution in [3.8, 4) is 11.5 Å². The maximum Gasteiger partial charge on any atom is 0.338 e. The second kappa shape index (κ2) is 8.38. The second-order valence-corrected chi connectivity index (χ2v) is 6.23. The molecule has 0 heterocycles. The summed E-state index contributed by atoms with van der Waals surface area (Å²) in [4.78, 5) is 23.7. The number of rotatable bonds is 5. The molecule has 0 bridgehead atoms. The number of ether oxygens (including phenoxy) is 3. The Bertz CT molecular complexity index is 730. The first-order chi connectivity index (χ1) is 12.7. The van der Waals surface area contributed by atoms with Gasteiger partial charge in [-0.05, 0) is 23.8 Å². The van der Waals surface area contributed by atoms with Crippen LogP contribution in [0.3, 0.4) is 0 Å². The van der Waals surface area contributed by atoms with Gasteiger partial charge in [-0.3, -0.25) is 0 Å². The molecular formula is C18H22O9. The van der Waals surface area contributed by atoms with Crippen LogP contribution >= 0.6 is 0 Å². The highest BCUT2D eigenvalue weighted by Crippen LogP contribution is 2.32. The Morgan fingerprint density at radius 2 is 1.93 bits per heavy atom. The van der Waals surface area contributed by atoms with Gasteiger partial charge >= 0.3 is 11.9 Å². The van der Waals surface area contributed by atoms with Crippen LogP contribution in [0, 0.1) is 0 Å². The molecule has 4 N–H and O–H groups in total. The number of carbonyl (C=O) groups excluding carboxylic acids is 2. The first kappa shape index (κ1) is 20.7. The highest BCUT2D eigenvalue weighted by molar-refractivity contribution is 5.87. The van der Waals surface area contributed by atoms with E-state index in [1.165, 1.54) is 25.3 Å². The van der Waals surface area contributed by atoms with Gasteiger partial charge in [-0.2, -0.15) is 0 Å². The van der Waals surface area contributed by atoms with Gasteiger partial charge in [0.2, 0.25) is 0 Å². The number of aromatic hydroxyl groups is 1. The molecule has 0 amide bonds. The van der Waals surface area contributed by atoms with Crippen molar-refractivity contribution in [1.29, 1.82) is 0 Å². The molecule has 0 radical (unpaired) electrons. The average molecular weight is 382 g/mol. The third kappa shape index (κ3) is 4.76. The van der Waals surface area contributed by atoms with E-state index in [9.17, 15) is 30.0 Å². The van der Waals surface area contributed by atoms with Gasteiger partial charge in [-0.1, -0.05) is 6.07 Å². The second-order valence-electron chi connectivity index (χ2n) is 6.23. The predicted octanol–water partition coefficient (Wildman–Crippen LogP) is -0.255. The minimum absolute atomic E-state index is 0.109. The van der Waals surface area contributed by atoms with Gasteiger partial charge in [-0.25, -0.2) is 9.59 Å². The van der Waals surface area contributed by atoms with E-state index in [1.807, 2.05) is 0 Å². The SMILES string of the molecule is COC(=O)C1(O)CC(O)C(O)C(OC(=O)C=Cc2ccc(OC)c(O)c2)C1. The van der Waals surface area contributed by atoms with Crippen LogP contribution in [0.15, 0.2) is 24.3 Å². The summed E-state index contributed by atoms with van der Waals surface area (Å²) in [6.45, 7) is 0. The monoisotopic (exact) mass is 382 g/mol. The molecule has 9 nitrogen and oxygen atoms in total. The molecule has 0 aromatic heterocycles. The lowest BCUT2D eigenvalue weighted by Crippen LogP contribution is -2.57. The number of aliphatic hydroxyl groups is 3. The molecule has 2 rings (SSSR count). The molecule has 0 spiro atoms. The maximum absolute atomic E-state index is 12.0. The third-order valence-corrected chi connectivity index (χ3v) is 4.31. The van der Waals surface area contributed by atoms with Crippen molar-refractivity contribution in [3.63, 3.8) is 0 Å². The summed E-state index contributed by atoms with van der Waals surface area (Å²) in [5.74, 6) is -1.69. The molecule has 0 aliphatic heterocycles. The lowest BCUT2D eigenvalue weighted by molar-refractivity contribution is -0.198. The first-order valence-corrected chi connectivity index (χ1v) is 8.13. The van der Waals surface area contributed by atoms with Crippen molar-refractivity contribution in [2.24, 2.45) is 0 Å². The molecule has 4 atom stereocenters. The predicted molar refractivity (Wildman–Crippen MR) is 91.8 cm³/mol. The molecule has 1 aromatic rings. The molecule has 4 unspecified atom stereocenters. The number of carbonyl (C=O) groups is 2. The van der Waals surface area contributed by atoms with Crippen LogP contribution in [0.25, 0.3) is 6.08 Å². The highest BCUT2D eigenvalue weighted by atomic mass is 16.6. The van der Waals surface area contributed by atoms with Crippen molar-refractivity contribution < 1.29 is 44.2 Å². The molecule has 1 saturated carbocycles. The molecule has 0 saturated heterocycles. The van der Waals surface area contributed by atoms with Crippen molar-refractivity contribution in [2.75, 3.05) is 14.2 Å². The van der Waals surface area contributed by atoms with E-state index in [2.05, 4.69) is 4.74 Å². The number of phenols is 1. The minimum Gasteiger partial charge on any atom is -0.504 e. The van der Waals surface area contributed by atoms with Crippen molar-refractivity contribution in [1.82, 2.24) is 0 Å². The lowest BCUT2D eigenvalue weighted by Gasteiger charge is -2.39. The maximum atomic E-state index is 12.0. The summed E-state index contributed by atoms with van der Waals surface area (Å²) in [5, 5.41) is 39.9. The highest BCUT2D eigenvalue weighted by Gasteiger charge is 2.50. The quantitative estimate of drug-likeness (QED) is 0.400. The van der Waals surface area contributed by atoms with Gasteiger partial charge in [0.25, 0.3) is 0 Å². The first-order valence-electron chi connectivity index (χ1n) is 8.13. The van der Waals surface area contributed by atoms with E-state index in [4.69, 9.17) is 9.47 Å². The summed E-state index contributed by atoms with van der Waals surface area (Å²) in [5.41, 5.74) is -1.58. The van der Waals surface area contributed by atoms with Crippen LogP contribution in [-0.4, -0.2) is 70.5 Å². The Labute approximate surface area is 155 Å². The van der Waals surface area contributed by atoms with E-state index in [-0.39, 0.29) is 11.5 Å². The van der Waals surface area contributed by atoms with Gasteiger partial charge in [-0.15, -0.1) is 0 Å². The molecule has 9 heteroatoms. The number of phenolic OH excluding ortho intramolecular Hbond substituents is 1. The summed E-state index contributed by atoms with van der Waals surface area (Å²) in [7, 11) is 2.48. The van der Waals surface area contributed by atoms with Crippen molar-refractivity contribution in [2.45, 2.75) is 36.8 Å². The topological polar surface area (TPSA) is 143 Å². The van der Waals surface area contributed by atoms with Crippen LogP contribution < -0.4 is 4.74 Å². The minimum atomic E-state index is -2.07. The van der Waals surface area contributed by atoms with Gasteiger partial charge in [0, 0.05) is 18.9 Å². The fourth-order valence-corrected chi connectivity index (χ4v) is 2.88. The van der Waals surface area contributed by atoms with E-state index in [0.29, 0.717) is 5.56 Å². The number of methoxy groups -OCH3 is 2. The van der Waals surface area contributed by atoms with E-state index >= 15 is 0 Å². The van der Waals surface area contributed by atoms with Gasteiger partial charge in [0.1, 0.15) is 12.2 Å². The van der Waals surface area contributed by atoms with E-state index in [0.717, 1.165) is 13.2 Å². The normalized spacial score (nSPS) is 28.0. The standard InChI is InChI=1S/C18H22O9/c1-25-13-5-3-10(7-11(13)19)4-6-15(21)27-14-9-18(24,17(23)26-2)8-12(20)16(14)22/h3-7,12,14,16,19-20,22,24H,8-9H2,1-2H3. The van der Waals surface area contributed by atoms with E-state index in [1.54, 1.807) is 6.07 Å². The van der Waals surface area contributed by atoms with Crippen LogP contribution in [-0.2, 0) is 19.1 Å². The fourth-order valence-electron chi connectivity index (χ4n) is 2.88. The fraction of sp³-hybridized carbons (Fsp3) is 0.444. The number of aliphatic hydroxyl groups excluding tert-OH is 2. The summed E-state index contributed by atoms with van der Waals surface area (Å²) in [6, 6.07) is 4.48. The van der Waals surface area contributed by atoms with Crippen LogP contribution in [0.5, 0.6) is 11.5 Å². The number of benzene rings is 1. The van der Waals surface area contributed by atoms with Gasteiger partial charge in [0.15, 0.2) is 17.1 Å². The molecule has 1 aromatic carbocycles. The van der Waals surface area contributed by atoms with Gasteiger partial charge in [0.05, 0.1) is 20.3 Å². The molecule has 1 fully saturated rings. The largest absolute Gasteiger partial charge is 0.504 e. The third-order valence-electron chi connectivity index (χ3n) is 4.31. The molecule has 27 heavy (non-hydrogen) atoms. The van der Waals surface area contributed by atoms with E-state index < -0.39 is 48.7 Å². The lowest BCUT2D eigenvalue weighted by atomic mass is 9.79. The molecule has 148 valence electrons. The Hall–Kier alpha value is -2.62. The molecule has 1 aliphatic rings. The summed E-state index contributed by atoms with van der Waals surface area (Å²) < 4.78 is 14.5. The Morgan fingerprint density at radius 1 is 1.22 bits per heavy atom. The van der Waals surface area contributed by atoms with Crippen LogP contribution in [0.2, 0.25) is 0 Å². The number of esters is 2.